The fourth-order valence-corrected chi connectivity index (χ4v) is 4.78. The van der Waals surface area contributed by atoms with Gasteiger partial charge in [-0.2, -0.15) is 0 Å². The van der Waals surface area contributed by atoms with Gasteiger partial charge in [0.2, 0.25) is 0 Å². The van der Waals surface area contributed by atoms with Gasteiger partial charge in [-0.05, 0) is 52.2 Å². The van der Waals surface area contributed by atoms with Crippen LogP contribution in [0.5, 0.6) is 5.75 Å². The average Bonchev–Trinajstić information content (AvgIpc) is 3.28. The van der Waals surface area contributed by atoms with E-state index in [9.17, 15) is 4.79 Å². The summed E-state index contributed by atoms with van der Waals surface area (Å²) in [5.74, 6) is 1.35. The van der Waals surface area contributed by atoms with E-state index in [0.29, 0.717) is 11.6 Å². The molecule has 0 radical (unpaired) electrons. The third kappa shape index (κ3) is 2.84. The van der Waals surface area contributed by atoms with Gasteiger partial charge in [-0.25, -0.2) is 0 Å². The summed E-state index contributed by atoms with van der Waals surface area (Å²) in [6.45, 7) is 1.56. The van der Waals surface area contributed by atoms with Crippen LogP contribution in [0.2, 0.25) is 0 Å². The Morgan fingerprint density at radius 2 is 2.12 bits per heavy atom. The quantitative estimate of drug-likeness (QED) is 0.691. The Hall–Kier alpha value is -1.79. The maximum absolute atomic E-state index is 12.7. The Kier molecular flexibility index (Phi) is 4.10. The van der Waals surface area contributed by atoms with Crippen LogP contribution in [0.25, 0.3) is 10.2 Å². The van der Waals surface area contributed by atoms with E-state index in [2.05, 4.69) is 33.0 Å². The SMILES string of the molecule is COc1ccc([C@@H]2CCN(C(=O)c3cc4cc(Br)sc4[nH]3)C2)cc1. The number of aromatic amines is 1. The van der Waals surface area contributed by atoms with Gasteiger partial charge in [0.1, 0.15) is 16.3 Å². The summed E-state index contributed by atoms with van der Waals surface area (Å²) in [4.78, 5) is 19.0. The smallest absolute Gasteiger partial charge is 0.270 e. The van der Waals surface area contributed by atoms with Gasteiger partial charge >= 0.3 is 0 Å². The van der Waals surface area contributed by atoms with E-state index in [1.54, 1.807) is 18.4 Å². The first kappa shape index (κ1) is 15.7. The number of likely N-dealkylation sites (tertiary alicyclic amines) is 1. The lowest BCUT2D eigenvalue weighted by Crippen LogP contribution is -2.28. The number of thiophene rings is 1. The molecule has 0 unspecified atom stereocenters. The van der Waals surface area contributed by atoms with Gasteiger partial charge in [-0.15, -0.1) is 11.3 Å². The summed E-state index contributed by atoms with van der Waals surface area (Å²) in [5.41, 5.74) is 1.95. The molecule has 0 bridgehead atoms. The van der Waals surface area contributed by atoms with Gasteiger partial charge in [0.05, 0.1) is 10.9 Å². The highest BCUT2D eigenvalue weighted by Gasteiger charge is 2.28. The molecule has 1 amide bonds. The van der Waals surface area contributed by atoms with Crippen LogP contribution in [0.15, 0.2) is 40.2 Å². The molecule has 0 spiro atoms. The lowest BCUT2D eigenvalue weighted by molar-refractivity contribution is 0.0786. The third-order valence-corrected chi connectivity index (χ3v) is 6.14. The van der Waals surface area contributed by atoms with Crippen LogP contribution in [0.3, 0.4) is 0 Å². The van der Waals surface area contributed by atoms with Crippen LogP contribution in [0, 0.1) is 0 Å². The molecule has 0 aliphatic carbocycles. The fourth-order valence-electron chi connectivity index (χ4n) is 3.27. The van der Waals surface area contributed by atoms with Crippen molar-refractivity contribution >= 4 is 43.4 Å². The molecule has 4 rings (SSSR count). The summed E-state index contributed by atoms with van der Waals surface area (Å²) < 4.78 is 6.28. The van der Waals surface area contributed by atoms with Crippen molar-refractivity contribution < 1.29 is 9.53 Å². The number of hydrogen-bond acceptors (Lipinski definition) is 3. The molecule has 1 N–H and O–H groups in total. The van der Waals surface area contributed by atoms with Gasteiger partial charge in [-0.1, -0.05) is 12.1 Å². The van der Waals surface area contributed by atoms with Gasteiger partial charge in [0.25, 0.3) is 5.91 Å². The molecule has 4 nitrogen and oxygen atoms in total. The molecule has 124 valence electrons. The molecule has 1 saturated heterocycles. The molecule has 1 atom stereocenters. The van der Waals surface area contributed by atoms with Crippen molar-refractivity contribution in [1.82, 2.24) is 9.88 Å². The lowest BCUT2D eigenvalue weighted by Gasteiger charge is -2.16. The largest absolute Gasteiger partial charge is 0.497 e. The van der Waals surface area contributed by atoms with Gasteiger partial charge < -0.3 is 14.6 Å². The van der Waals surface area contributed by atoms with Crippen molar-refractivity contribution in [1.29, 1.82) is 0 Å². The number of rotatable bonds is 3. The van der Waals surface area contributed by atoms with E-state index in [0.717, 1.165) is 39.3 Å². The molecule has 3 aromatic rings. The van der Waals surface area contributed by atoms with Crippen molar-refractivity contribution in [2.24, 2.45) is 0 Å². The minimum atomic E-state index is 0.0885. The fraction of sp³-hybridized carbons (Fsp3) is 0.278. The maximum Gasteiger partial charge on any atom is 0.270 e. The molecule has 3 heterocycles. The van der Waals surface area contributed by atoms with Crippen LogP contribution in [-0.4, -0.2) is 36.0 Å². The number of halogens is 1. The monoisotopic (exact) mass is 404 g/mol. The second kappa shape index (κ2) is 6.26. The molecule has 1 fully saturated rings. The molecule has 6 heteroatoms. The molecule has 1 aliphatic rings. The maximum atomic E-state index is 12.7. The highest BCUT2D eigenvalue weighted by molar-refractivity contribution is 9.11. The van der Waals surface area contributed by atoms with Crippen molar-refractivity contribution in [3.8, 4) is 5.75 Å². The number of amides is 1. The normalized spacial score (nSPS) is 17.6. The molecule has 0 saturated carbocycles. The van der Waals surface area contributed by atoms with Crippen molar-refractivity contribution in [2.75, 3.05) is 20.2 Å². The third-order valence-electron chi connectivity index (χ3n) is 4.57. The summed E-state index contributed by atoms with van der Waals surface area (Å²) in [7, 11) is 1.67. The van der Waals surface area contributed by atoms with Crippen LogP contribution >= 0.6 is 27.3 Å². The van der Waals surface area contributed by atoms with E-state index >= 15 is 0 Å². The summed E-state index contributed by atoms with van der Waals surface area (Å²) in [6.07, 6.45) is 0.999. The number of carbonyl (C=O) groups excluding carboxylic acids is 1. The number of nitrogens with zero attached hydrogens (tertiary/aromatic N) is 1. The number of aromatic nitrogens is 1. The molecule has 1 aliphatic heterocycles. The molecular weight excluding hydrogens is 388 g/mol. The van der Waals surface area contributed by atoms with Crippen LogP contribution in [-0.2, 0) is 0 Å². The summed E-state index contributed by atoms with van der Waals surface area (Å²) >= 11 is 5.08. The number of carbonyl (C=O) groups is 1. The van der Waals surface area contributed by atoms with Crippen LogP contribution < -0.4 is 4.74 Å². The molecular formula is C18H17BrN2O2S. The number of H-pyrrole nitrogens is 1. The lowest BCUT2D eigenvalue weighted by atomic mass is 9.98. The zero-order valence-electron chi connectivity index (χ0n) is 13.2. The van der Waals surface area contributed by atoms with Crippen molar-refractivity contribution in [3.63, 3.8) is 0 Å². The van der Waals surface area contributed by atoms with E-state index < -0.39 is 0 Å². The zero-order valence-corrected chi connectivity index (χ0v) is 15.6. The average molecular weight is 405 g/mol. The first-order valence-electron chi connectivity index (χ1n) is 7.85. The first-order chi connectivity index (χ1) is 11.6. The van der Waals surface area contributed by atoms with Crippen molar-refractivity contribution in [2.45, 2.75) is 12.3 Å². The number of hydrogen-bond donors (Lipinski definition) is 1. The number of benzene rings is 1. The number of nitrogens with one attached hydrogen (secondary N) is 1. The minimum Gasteiger partial charge on any atom is -0.497 e. The van der Waals surface area contributed by atoms with Gasteiger partial charge in [0.15, 0.2) is 0 Å². The Morgan fingerprint density at radius 1 is 1.33 bits per heavy atom. The highest BCUT2D eigenvalue weighted by atomic mass is 79.9. The van der Waals surface area contributed by atoms with Gasteiger partial charge in [-0.3, -0.25) is 4.79 Å². The second-order valence-electron chi connectivity index (χ2n) is 6.03. The number of methoxy groups -OCH3 is 1. The second-order valence-corrected chi connectivity index (χ2v) is 8.46. The predicted molar refractivity (Wildman–Crippen MR) is 100 cm³/mol. The zero-order chi connectivity index (χ0) is 16.7. The van der Waals surface area contributed by atoms with E-state index in [1.165, 1.54) is 5.56 Å². The summed E-state index contributed by atoms with van der Waals surface area (Å²) in [6, 6.07) is 12.1. The Bertz CT molecular complexity index is 853. The number of ether oxygens (including phenoxy) is 1. The Balaban J connectivity index is 1.48. The van der Waals surface area contributed by atoms with Crippen LogP contribution in [0.1, 0.15) is 28.4 Å². The van der Waals surface area contributed by atoms with Crippen LogP contribution in [0.4, 0.5) is 0 Å². The molecule has 2 aromatic heterocycles. The Morgan fingerprint density at radius 3 is 2.83 bits per heavy atom. The number of fused-ring (bicyclic) bond motifs is 1. The minimum absolute atomic E-state index is 0.0885. The standard InChI is InChI=1S/C18H17BrN2O2S/c1-23-14-4-2-11(3-5-14)12-6-7-21(10-12)18(22)15-8-13-9-16(19)24-17(13)20-15/h2-5,8-9,12,20H,6-7,10H2,1H3/t12-/m1/s1. The first-order valence-corrected chi connectivity index (χ1v) is 9.46. The van der Waals surface area contributed by atoms with E-state index in [1.807, 2.05) is 29.2 Å². The molecule has 24 heavy (non-hydrogen) atoms. The molecule has 1 aromatic carbocycles. The van der Waals surface area contributed by atoms with E-state index in [-0.39, 0.29) is 5.91 Å². The predicted octanol–water partition coefficient (Wildman–Crippen LogP) is 4.63. The highest BCUT2D eigenvalue weighted by Crippen LogP contribution is 2.32. The summed E-state index contributed by atoms with van der Waals surface area (Å²) in [5, 5.41) is 1.08. The Labute approximate surface area is 152 Å². The van der Waals surface area contributed by atoms with Crippen molar-refractivity contribution in [3.05, 3.63) is 51.4 Å². The van der Waals surface area contributed by atoms with Gasteiger partial charge in [0, 0.05) is 24.4 Å². The topological polar surface area (TPSA) is 45.3 Å². The van der Waals surface area contributed by atoms with E-state index in [4.69, 9.17) is 4.74 Å².